The lowest BCUT2D eigenvalue weighted by molar-refractivity contribution is 0.0853. The van der Waals surface area contributed by atoms with E-state index in [9.17, 15) is 9.59 Å². The number of fused-ring (bicyclic) bond motifs is 1. The fourth-order valence-electron chi connectivity index (χ4n) is 2.02. The molecule has 2 heterocycles. The van der Waals surface area contributed by atoms with Gasteiger partial charge in [0.05, 0.1) is 25.4 Å². The van der Waals surface area contributed by atoms with Crippen molar-refractivity contribution in [3.63, 3.8) is 0 Å². The molecule has 0 unspecified atom stereocenters. The Morgan fingerprint density at radius 2 is 2.10 bits per heavy atom. The Morgan fingerprint density at radius 3 is 2.70 bits per heavy atom. The number of halogens is 1. The normalized spacial score (nSPS) is 13.8. The quantitative estimate of drug-likeness (QED) is 0.744. The summed E-state index contributed by atoms with van der Waals surface area (Å²) >= 11 is 2.10. The Hall–Kier alpha value is -1.12. The van der Waals surface area contributed by atoms with E-state index in [1.165, 1.54) is 4.68 Å². The number of hydrogen-bond donors (Lipinski definition) is 0. The molecular formula is C13H18IN3O3. The highest BCUT2D eigenvalue weighted by atomic mass is 127. The molecule has 0 saturated carbocycles. The molecule has 0 aliphatic carbocycles. The van der Waals surface area contributed by atoms with Gasteiger partial charge in [-0.1, -0.05) is 20.8 Å². The zero-order chi connectivity index (χ0) is 14.9. The maximum atomic E-state index is 12.0. The van der Waals surface area contributed by atoms with Gasteiger partial charge in [-0.25, -0.2) is 9.48 Å². The van der Waals surface area contributed by atoms with Crippen molar-refractivity contribution in [2.45, 2.75) is 40.3 Å². The van der Waals surface area contributed by atoms with Crippen LogP contribution >= 0.6 is 22.6 Å². The van der Waals surface area contributed by atoms with Crippen LogP contribution in [0.5, 0.6) is 0 Å². The van der Waals surface area contributed by atoms with Crippen LogP contribution in [0.15, 0.2) is 0 Å². The van der Waals surface area contributed by atoms with Gasteiger partial charge in [-0.05, 0) is 28.5 Å². The van der Waals surface area contributed by atoms with Crippen molar-refractivity contribution in [3.8, 4) is 0 Å². The molecule has 0 aromatic carbocycles. The van der Waals surface area contributed by atoms with Crippen LogP contribution in [-0.4, -0.2) is 33.3 Å². The first-order valence-electron chi connectivity index (χ1n) is 6.65. The fraction of sp³-hybridized carbons (Fsp3) is 0.615. The molecule has 1 aliphatic rings. The van der Waals surface area contributed by atoms with Crippen molar-refractivity contribution < 1.29 is 14.3 Å². The summed E-state index contributed by atoms with van der Waals surface area (Å²) in [6.45, 7) is 7.03. The Balaban J connectivity index is 2.11. The molecule has 7 heteroatoms. The van der Waals surface area contributed by atoms with Crippen molar-refractivity contribution in [1.82, 2.24) is 14.7 Å². The Kier molecular flexibility index (Phi) is 4.66. The first-order chi connectivity index (χ1) is 9.43. The van der Waals surface area contributed by atoms with Crippen LogP contribution in [0, 0.1) is 9.62 Å². The topological polar surface area (TPSA) is 64.4 Å². The monoisotopic (exact) mass is 391 g/mol. The highest BCUT2D eigenvalue weighted by molar-refractivity contribution is 14.1. The van der Waals surface area contributed by atoms with E-state index in [-0.39, 0.29) is 12.0 Å². The van der Waals surface area contributed by atoms with Gasteiger partial charge in [0.15, 0.2) is 0 Å². The van der Waals surface area contributed by atoms with E-state index < -0.39 is 0 Å². The first-order valence-corrected chi connectivity index (χ1v) is 7.73. The van der Waals surface area contributed by atoms with Gasteiger partial charge in [0.2, 0.25) is 5.91 Å². The maximum absolute atomic E-state index is 12.0. The minimum Gasteiger partial charge on any atom is -0.449 e. The Labute approximate surface area is 131 Å². The Morgan fingerprint density at radius 1 is 1.40 bits per heavy atom. The third-order valence-electron chi connectivity index (χ3n) is 3.07. The van der Waals surface area contributed by atoms with E-state index in [0.717, 1.165) is 15.0 Å². The molecule has 6 nitrogen and oxygen atoms in total. The highest BCUT2D eigenvalue weighted by Crippen LogP contribution is 2.27. The van der Waals surface area contributed by atoms with Crippen LogP contribution in [-0.2, 0) is 17.8 Å². The molecule has 0 atom stereocenters. The van der Waals surface area contributed by atoms with E-state index in [1.54, 1.807) is 11.8 Å². The third kappa shape index (κ3) is 2.97. The highest BCUT2D eigenvalue weighted by Gasteiger charge is 2.32. The smallest absolute Gasteiger partial charge is 0.410 e. The second kappa shape index (κ2) is 6.11. The summed E-state index contributed by atoms with van der Waals surface area (Å²) in [5.41, 5.74) is 1.76. The van der Waals surface area contributed by atoms with E-state index in [4.69, 9.17) is 4.74 Å². The molecule has 1 aromatic rings. The van der Waals surface area contributed by atoms with Gasteiger partial charge in [-0.15, -0.1) is 0 Å². The molecule has 110 valence electrons. The molecule has 1 aliphatic heterocycles. The molecule has 0 bridgehead atoms. The summed E-state index contributed by atoms with van der Waals surface area (Å²) in [7, 11) is 0. The largest absolute Gasteiger partial charge is 0.449 e. The molecule has 0 saturated heterocycles. The number of carbonyl (C=O) groups excluding carboxylic acids is 2. The van der Waals surface area contributed by atoms with Crippen molar-refractivity contribution in [1.29, 1.82) is 0 Å². The zero-order valence-corrected chi connectivity index (χ0v) is 14.0. The molecule has 0 radical (unpaired) electrons. The van der Waals surface area contributed by atoms with Gasteiger partial charge in [-0.3, -0.25) is 9.69 Å². The second-order valence-electron chi connectivity index (χ2n) is 5.20. The number of hydrogen-bond acceptors (Lipinski definition) is 4. The fourth-order valence-corrected chi connectivity index (χ4v) is 2.71. The van der Waals surface area contributed by atoms with Crippen LogP contribution in [0.3, 0.4) is 0 Å². The van der Waals surface area contributed by atoms with Gasteiger partial charge in [0.1, 0.15) is 3.70 Å². The molecule has 20 heavy (non-hydrogen) atoms. The molecule has 0 N–H and O–H groups in total. The number of ether oxygens (including phenoxy) is 1. The molecule has 0 spiro atoms. The zero-order valence-electron chi connectivity index (χ0n) is 11.9. The van der Waals surface area contributed by atoms with E-state index >= 15 is 0 Å². The minimum atomic E-state index is -0.332. The minimum absolute atomic E-state index is 0.0541. The van der Waals surface area contributed by atoms with Gasteiger partial charge >= 0.3 is 6.09 Å². The Bertz CT molecular complexity index is 539. The summed E-state index contributed by atoms with van der Waals surface area (Å²) in [5, 5.41) is 4.25. The summed E-state index contributed by atoms with van der Waals surface area (Å²) in [5.74, 6) is 0.253. The predicted octanol–water partition coefficient (Wildman–Crippen LogP) is 2.65. The number of nitrogens with zero attached hydrogens (tertiary/aromatic N) is 3. The molecule has 2 rings (SSSR count). The van der Waals surface area contributed by atoms with Crippen LogP contribution < -0.4 is 0 Å². The summed E-state index contributed by atoms with van der Waals surface area (Å²) in [6.07, 6.45) is 0.0586. The van der Waals surface area contributed by atoms with Gasteiger partial charge < -0.3 is 4.74 Å². The molecular weight excluding hydrogens is 373 g/mol. The molecule has 0 fully saturated rings. The summed E-state index contributed by atoms with van der Waals surface area (Å²) in [6, 6.07) is 0. The van der Waals surface area contributed by atoms with Crippen LogP contribution in [0.4, 0.5) is 4.79 Å². The second-order valence-corrected chi connectivity index (χ2v) is 6.22. The van der Waals surface area contributed by atoms with E-state index in [1.807, 2.05) is 13.8 Å². The average Bonchev–Trinajstić information content (AvgIpc) is 2.96. The third-order valence-corrected chi connectivity index (χ3v) is 3.93. The van der Waals surface area contributed by atoms with E-state index in [0.29, 0.717) is 32.0 Å². The number of rotatable bonds is 3. The first kappa shape index (κ1) is 15.3. The average molecular weight is 391 g/mol. The SMILES string of the molecule is CCC(=O)n1nc(I)c2c1CN(C(=O)OCC(C)C)C2. The van der Waals surface area contributed by atoms with Crippen molar-refractivity contribution in [2.75, 3.05) is 6.61 Å². The number of carbonyl (C=O) groups is 2. The van der Waals surface area contributed by atoms with E-state index in [2.05, 4.69) is 27.7 Å². The van der Waals surface area contributed by atoms with Crippen molar-refractivity contribution in [2.24, 2.45) is 5.92 Å². The molecule has 1 aromatic heterocycles. The standard InChI is InChI=1S/C13H18IN3O3/c1-4-11(18)17-10-6-16(5-9(10)12(14)15-17)13(19)20-7-8(2)3/h8H,4-7H2,1-3H3. The van der Waals surface area contributed by atoms with Crippen molar-refractivity contribution >= 4 is 34.6 Å². The van der Waals surface area contributed by atoms with Crippen LogP contribution in [0.2, 0.25) is 0 Å². The summed E-state index contributed by atoms with van der Waals surface area (Å²) < 4.78 is 7.42. The number of aromatic nitrogens is 2. The predicted molar refractivity (Wildman–Crippen MR) is 81.3 cm³/mol. The van der Waals surface area contributed by atoms with Gasteiger partial charge in [-0.2, -0.15) is 5.10 Å². The summed E-state index contributed by atoms with van der Waals surface area (Å²) in [4.78, 5) is 25.4. The lowest BCUT2D eigenvalue weighted by Crippen LogP contribution is -2.28. The lowest BCUT2D eigenvalue weighted by Gasteiger charge is -2.17. The van der Waals surface area contributed by atoms with Crippen LogP contribution in [0.1, 0.15) is 43.2 Å². The lowest BCUT2D eigenvalue weighted by atomic mass is 10.2. The number of amides is 1. The van der Waals surface area contributed by atoms with Crippen LogP contribution in [0.25, 0.3) is 0 Å². The van der Waals surface area contributed by atoms with Gasteiger partial charge in [0, 0.05) is 12.0 Å². The maximum Gasteiger partial charge on any atom is 0.410 e. The van der Waals surface area contributed by atoms with Crippen molar-refractivity contribution in [3.05, 3.63) is 15.0 Å². The molecule has 1 amide bonds. The van der Waals surface area contributed by atoms with Gasteiger partial charge in [0.25, 0.3) is 0 Å².